The summed E-state index contributed by atoms with van der Waals surface area (Å²) in [6, 6.07) is 0. The Bertz CT molecular complexity index is 212. The molecule has 10 heavy (non-hydrogen) atoms. The molecule has 0 aliphatic rings. The van der Waals surface area contributed by atoms with Crippen LogP contribution in [0.4, 0.5) is 0 Å². The summed E-state index contributed by atoms with van der Waals surface area (Å²) in [6.45, 7) is 0. The second-order valence-electron chi connectivity index (χ2n) is 1.12. The highest BCUT2D eigenvalue weighted by Crippen LogP contribution is 1.74. The summed E-state index contributed by atoms with van der Waals surface area (Å²) in [4.78, 5) is 0. The summed E-state index contributed by atoms with van der Waals surface area (Å²) < 4.78 is 0. The smallest absolute Gasteiger partial charge is 0.0126 e. The molecule has 0 aromatic carbocycles. The first kappa shape index (κ1) is 9.18. The van der Waals surface area contributed by atoms with Crippen LogP contribution in [0, 0.1) is 23.7 Å². The van der Waals surface area contributed by atoms with Crippen LogP contribution in [-0.4, -0.2) is 0 Å². The van der Waals surface area contributed by atoms with Gasteiger partial charge in [-0.3, -0.25) is 0 Å². The van der Waals surface area contributed by atoms with Gasteiger partial charge in [-0.1, -0.05) is 35.0 Å². The monoisotopic (exact) mass is 170 g/mol. The molecule has 0 aromatic heterocycles. The topological polar surface area (TPSA) is 0 Å². The molecule has 0 unspecified atom stereocenters. The molecule has 0 N–H and O–H groups in total. The molecule has 0 fully saturated rings. The van der Waals surface area contributed by atoms with Crippen molar-refractivity contribution in [3.8, 4) is 23.7 Å². The fourth-order valence-electron chi connectivity index (χ4n) is 0.218. The predicted octanol–water partition coefficient (Wildman–Crippen LogP) is 2.50. The summed E-state index contributed by atoms with van der Waals surface area (Å²) in [5, 5.41) is 0. The van der Waals surface area contributed by atoms with Crippen LogP contribution < -0.4 is 0 Å². The maximum atomic E-state index is 5.18. The highest BCUT2D eigenvalue weighted by atomic mass is 35.5. The van der Waals surface area contributed by atoms with E-state index in [2.05, 4.69) is 23.7 Å². The normalized spacial score (nSPS) is 8.60. The zero-order valence-electron chi connectivity index (χ0n) is 5.07. The Hall–Kier alpha value is -0.820. The Morgan fingerprint density at radius 1 is 0.800 bits per heavy atom. The number of allylic oxidation sites excluding steroid dienone is 2. The minimum atomic E-state index is 1.33. The number of hydrogen-bond acceptors (Lipinski definition) is 0. The molecule has 0 spiro atoms. The molecular formula is C8H4Cl2. The molecule has 0 radical (unpaired) electrons. The van der Waals surface area contributed by atoms with Crippen LogP contribution in [0.15, 0.2) is 23.2 Å². The van der Waals surface area contributed by atoms with Gasteiger partial charge in [0.05, 0.1) is 0 Å². The van der Waals surface area contributed by atoms with E-state index in [1.807, 2.05) is 0 Å². The second-order valence-corrected chi connectivity index (χ2v) is 1.63. The lowest BCUT2D eigenvalue weighted by molar-refractivity contribution is 2.20. The Morgan fingerprint density at radius 2 is 1.20 bits per heavy atom. The van der Waals surface area contributed by atoms with Crippen LogP contribution in [-0.2, 0) is 0 Å². The van der Waals surface area contributed by atoms with Crippen LogP contribution in [0.1, 0.15) is 0 Å². The van der Waals surface area contributed by atoms with Crippen molar-refractivity contribution < 1.29 is 0 Å². The molecule has 0 nitrogen and oxygen atoms in total. The van der Waals surface area contributed by atoms with Crippen LogP contribution >= 0.6 is 23.2 Å². The van der Waals surface area contributed by atoms with Crippen molar-refractivity contribution in [3.05, 3.63) is 23.2 Å². The zero-order valence-corrected chi connectivity index (χ0v) is 6.58. The van der Waals surface area contributed by atoms with Gasteiger partial charge < -0.3 is 0 Å². The third-order valence-corrected chi connectivity index (χ3v) is 0.751. The number of hydrogen-bond donors (Lipinski definition) is 0. The van der Waals surface area contributed by atoms with E-state index in [1.165, 1.54) is 23.2 Å². The maximum Gasteiger partial charge on any atom is 0.0126 e. The van der Waals surface area contributed by atoms with E-state index in [0.717, 1.165) is 0 Å². The quantitative estimate of drug-likeness (QED) is 0.491. The molecule has 0 bridgehead atoms. The third kappa shape index (κ3) is 7.18. The lowest BCUT2D eigenvalue weighted by Gasteiger charge is -1.59. The van der Waals surface area contributed by atoms with Crippen LogP contribution in [0.2, 0.25) is 0 Å². The largest absolute Gasteiger partial charge is 0.0923 e. The Kier molecular flexibility index (Phi) is 7.51. The van der Waals surface area contributed by atoms with E-state index >= 15 is 0 Å². The summed E-state index contributed by atoms with van der Waals surface area (Å²) in [5.74, 6) is 10.2. The number of halogens is 2. The van der Waals surface area contributed by atoms with Gasteiger partial charge in [0.2, 0.25) is 0 Å². The first-order valence-corrected chi connectivity index (χ1v) is 3.30. The Morgan fingerprint density at radius 3 is 1.50 bits per heavy atom. The van der Waals surface area contributed by atoms with E-state index in [1.54, 1.807) is 0 Å². The van der Waals surface area contributed by atoms with Gasteiger partial charge in [-0.05, 0) is 11.8 Å². The molecule has 0 rings (SSSR count). The number of rotatable bonds is 0. The van der Waals surface area contributed by atoms with Crippen molar-refractivity contribution in [1.29, 1.82) is 0 Å². The van der Waals surface area contributed by atoms with Crippen LogP contribution in [0.25, 0.3) is 0 Å². The van der Waals surface area contributed by atoms with E-state index in [-0.39, 0.29) is 0 Å². The molecule has 0 aliphatic heterocycles. The van der Waals surface area contributed by atoms with Gasteiger partial charge in [-0.15, -0.1) is 0 Å². The van der Waals surface area contributed by atoms with Crippen molar-refractivity contribution in [1.82, 2.24) is 0 Å². The summed E-state index contributed by atoms with van der Waals surface area (Å²) in [5.41, 5.74) is 2.65. The van der Waals surface area contributed by atoms with Gasteiger partial charge in [-0.2, -0.15) is 0 Å². The second kappa shape index (κ2) is 8.18. The predicted molar refractivity (Wildman–Crippen MR) is 45.5 cm³/mol. The SMILES string of the molecule is Cl/C=C/C#CC#C/C=C/Cl. The standard InChI is InChI=1S/C8H4Cl2/c9-7-5-3-1-2-4-6-8-10/h5-8H/b7-5+,8-6+. The van der Waals surface area contributed by atoms with Crippen molar-refractivity contribution in [2.75, 3.05) is 0 Å². The molecule has 0 atom stereocenters. The maximum absolute atomic E-state index is 5.18. The summed E-state index contributed by atoms with van der Waals surface area (Å²) in [7, 11) is 0. The lowest BCUT2D eigenvalue weighted by atomic mass is 10.5. The molecule has 0 saturated carbocycles. The lowest BCUT2D eigenvalue weighted by Crippen LogP contribution is -1.49. The Labute approximate surface area is 70.5 Å². The van der Waals surface area contributed by atoms with Crippen LogP contribution in [0.3, 0.4) is 0 Å². The molecule has 0 aromatic rings. The van der Waals surface area contributed by atoms with Gasteiger partial charge >= 0.3 is 0 Å². The van der Waals surface area contributed by atoms with Gasteiger partial charge in [-0.25, -0.2) is 0 Å². The van der Waals surface area contributed by atoms with Gasteiger partial charge in [0.1, 0.15) is 0 Å². The fourth-order valence-corrected chi connectivity index (χ4v) is 0.344. The molecule has 0 saturated heterocycles. The van der Waals surface area contributed by atoms with E-state index < -0.39 is 0 Å². The van der Waals surface area contributed by atoms with Gasteiger partial charge in [0, 0.05) is 23.2 Å². The van der Waals surface area contributed by atoms with E-state index in [0.29, 0.717) is 0 Å². The van der Waals surface area contributed by atoms with Gasteiger partial charge in [0.25, 0.3) is 0 Å². The molecule has 0 aliphatic carbocycles. The first-order valence-electron chi connectivity index (χ1n) is 2.43. The highest BCUT2D eigenvalue weighted by Gasteiger charge is 1.55. The first-order chi connectivity index (χ1) is 4.91. The molecular weight excluding hydrogens is 167 g/mol. The van der Waals surface area contributed by atoms with Crippen molar-refractivity contribution in [3.63, 3.8) is 0 Å². The van der Waals surface area contributed by atoms with Gasteiger partial charge in [0.15, 0.2) is 0 Å². The molecule has 0 amide bonds. The zero-order chi connectivity index (χ0) is 7.66. The van der Waals surface area contributed by atoms with Crippen molar-refractivity contribution in [2.24, 2.45) is 0 Å². The molecule has 0 heterocycles. The molecule has 2 heteroatoms. The average Bonchev–Trinajstić information content (AvgIpc) is 1.97. The van der Waals surface area contributed by atoms with E-state index in [9.17, 15) is 0 Å². The minimum Gasteiger partial charge on any atom is -0.0923 e. The minimum absolute atomic E-state index is 1.33. The molecule has 50 valence electrons. The van der Waals surface area contributed by atoms with Crippen molar-refractivity contribution >= 4 is 23.2 Å². The summed E-state index contributed by atoms with van der Waals surface area (Å²) >= 11 is 10.4. The van der Waals surface area contributed by atoms with Crippen molar-refractivity contribution in [2.45, 2.75) is 0 Å². The van der Waals surface area contributed by atoms with E-state index in [4.69, 9.17) is 23.2 Å². The third-order valence-electron chi connectivity index (χ3n) is 0.499. The highest BCUT2D eigenvalue weighted by molar-refractivity contribution is 6.25. The van der Waals surface area contributed by atoms with Crippen LogP contribution in [0.5, 0.6) is 0 Å². The summed E-state index contributed by atoms with van der Waals surface area (Å²) in [6.07, 6.45) is 3.00. The average molecular weight is 171 g/mol. The Balaban J connectivity index is 3.78. The fraction of sp³-hybridized carbons (Fsp3) is 0.